The van der Waals surface area contributed by atoms with Crippen LogP contribution in [0.2, 0.25) is 0 Å². The summed E-state index contributed by atoms with van der Waals surface area (Å²) in [5, 5.41) is 13.9. The minimum absolute atomic E-state index is 0.0700. The molecule has 1 aromatic heterocycles. The number of carbonyl (C=O) groups excluding carboxylic acids is 1. The number of nitrogens with zero attached hydrogens (tertiary/aromatic N) is 1. The van der Waals surface area contributed by atoms with E-state index in [0.717, 1.165) is 16.3 Å². The van der Waals surface area contributed by atoms with Crippen molar-refractivity contribution in [1.29, 1.82) is 0 Å². The molecule has 0 aliphatic heterocycles. The van der Waals surface area contributed by atoms with Crippen LogP contribution in [-0.2, 0) is 11.4 Å². The van der Waals surface area contributed by atoms with Crippen LogP contribution in [0.4, 0.5) is 5.69 Å². The van der Waals surface area contributed by atoms with Crippen LogP contribution in [0, 0.1) is 0 Å². The van der Waals surface area contributed by atoms with Crippen LogP contribution in [0.25, 0.3) is 10.8 Å². The van der Waals surface area contributed by atoms with Gasteiger partial charge in [-0.25, -0.2) is 0 Å². The lowest BCUT2D eigenvalue weighted by Gasteiger charge is -2.16. The number of fused-ring (bicyclic) bond motifs is 1. The van der Waals surface area contributed by atoms with Crippen molar-refractivity contribution in [3.05, 3.63) is 66.5 Å². The van der Waals surface area contributed by atoms with E-state index in [9.17, 15) is 4.79 Å². The standard InChI is InChI=1S/C19H18N2O3/c1-13(24-16-7-4-5-14(9-16)12-22)19(23)21-18-11-20-10-15-6-2-3-8-17(15)18/h2-11,13,22H,12H2,1H3,(H,21,23). The SMILES string of the molecule is CC(Oc1cccc(CO)c1)C(=O)Nc1cncc2ccccc12. The predicted molar refractivity (Wildman–Crippen MR) is 92.8 cm³/mol. The number of amides is 1. The average Bonchev–Trinajstić information content (AvgIpc) is 2.62. The van der Waals surface area contributed by atoms with Gasteiger partial charge in [-0.15, -0.1) is 0 Å². The lowest BCUT2D eigenvalue weighted by atomic mass is 10.1. The fraction of sp³-hybridized carbons (Fsp3) is 0.158. The Hall–Kier alpha value is -2.92. The molecule has 2 N–H and O–H groups in total. The third kappa shape index (κ3) is 3.52. The van der Waals surface area contributed by atoms with Gasteiger partial charge in [0.15, 0.2) is 6.10 Å². The Morgan fingerprint density at radius 3 is 2.88 bits per heavy atom. The number of anilines is 1. The van der Waals surface area contributed by atoms with Gasteiger partial charge in [-0.1, -0.05) is 36.4 Å². The molecular formula is C19H18N2O3. The van der Waals surface area contributed by atoms with Crippen LogP contribution in [0.5, 0.6) is 5.75 Å². The maximum absolute atomic E-state index is 12.4. The van der Waals surface area contributed by atoms with Gasteiger partial charge in [0.1, 0.15) is 5.75 Å². The molecule has 0 bridgehead atoms. The van der Waals surface area contributed by atoms with Crippen LogP contribution >= 0.6 is 0 Å². The zero-order valence-electron chi connectivity index (χ0n) is 13.3. The van der Waals surface area contributed by atoms with Gasteiger partial charge in [0, 0.05) is 17.0 Å². The topological polar surface area (TPSA) is 71.5 Å². The number of benzene rings is 2. The Bertz CT molecular complexity index is 859. The molecule has 0 aliphatic rings. The number of hydrogen-bond acceptors (Lipinski definition) is 4. The first-order valence-corrected chi connectivity index (χ1v) is 7.67. The largest absolute Gasteiger partial charge is 0.481 e. The molecule has 0 radical (unpaired) electrons. The molecule has 1 amide bonds. The smallest absolute Gasteiger partial charge is 0.265 e. The summed E-state index contributed by atoms with van der Waals surface area (Å²) in [6.45, 7) is 1.61. The molecule has 1 atom stereocenters. The molecule has 3 rings (SSSR count). The van der Waals surface area contributed by atoms with Crippen molar-refractivity contribution in [3.63, 3.8) is 0 Å². The van der Waals surface area contributed by atoms with Crippen molar-refractivity contribution in [1.82, 2.24) is 4.98 Å². The number of aliphatic hydroxyl groups excluding tert-OH is 1. The number of aliphatic hydroxyl groups is 1. The fourth-order valence-electron chi connectivity index (χ4n) is 2.43. The number of carbonyl (C=O) groups is 1. The number of rotatable bonds is 5. The summed E-state index contributed by atoms with van der Waals surface area (Å²) in [7, 11) is 0. The van der Waals surface area contributed by atoms with E-state index >= 15 is 0 Å². The summed E-state index contributed by atoms with van der Waals surface area (Å²) in [5.41, 5.74) is 1.39. The van der Waals surface area contributed by atoms with Crippen LogP contribution in [-0.4, -0.2) is 22.1 Å². The molecule has 5 nitrogen and oxygen atoms in total. The van der Waals surface area contributed by atoms with Crippen molar-refractivity contribution in [3.8, 4) is 5.75 Å². The molecule has 5 heteroatoms. The predicted octanol–water partition coefficient (Wildman–Crippen LogP) is 3.13. The van der Waals surface area contributed by atoms with Gasteiger partial charge in [0.25, 0.3) is 5.91 Å². The van der Waals surface area contributed by atoms with Crippen molar-refractivity contribution in [2.45, 2.75) is 19.6 Å². The van der Waals surface area contributed by atoms with Gasteiger partial charge < -0.3 is 15.2 Å². The quantitative estimate of drug-likeness (QED) is 0.757. The number of pyridine rings is 1. The lowest BCUT2D eigenvalue weighted by Crippen LogP contribution is -2.30. The van der Waals surface area contributed by atoms with Gasteiger partial charge in [0.05, 0.1) is 18.5 Å². The minimum atomic E-state index is -0.682. The molecule has 3 aromatic rings. The number of hydrogen-bond donors (Lipinski definition) is 2. The van der Waals surface area contributed by atoms with Crippen molar-refractivity contribution < 1.29 is 14.6 Å². The van der Waals surface area contributed by atoms with Crippen LogP contribution < -0.4 is 10.1 Å². The van der Waals surface area contributed by atoms with E-state index in [4.69, 9.17) is 9.84 Å². The second-order valence-electron chi connectivity index (χ2n) is 5.46. The molecule has 0 saturated carbocycles. The first kappa shape index (κ1) is 16.0. The van der Waals surface area contributed by atoms with Crippen molar-refractivity contribution in [2.24, 2.45) is 0 Å². The highest BCUT2D eigenvalue weighted by Crippen LogP contribution is 2.22. The van der Waals surface area contributed by atoms with E-state index in [1.165, 1.54) is 0 Å². The van der Waals surface area contributed by atoms with Crippen molar-refractivity contribution in [2.75, 3.05) is 5.32 Å². The van der Waals surface area contributed by atoms with Gasteiger partial charge >= 0.3 is 0 Å². The molecule has 2 aromatic carbocycles. The van der Waals surface area contributed by atoms with Gasteiger partial charge in [0.2, 0.25) is 0 Å². The Balaban J connectivity index is 1.73. The second-order valence-corrected chi connectivity index (χ2v) is 5.46. The molecule has 0 aliphatic carbocycles. The highest BCUT2D eigenvalue weighted by atomic mass is 16.5. The number of nitrogens with one attached hydrogen (secondary N) is 1. The van der Waals surface area contributed by atoms with Crippen LogP contribution in [0.1, 0.15) is 12.5 Å². The highest BCUT2D eigenvalue weighted by molar-refractivity contribution is 6.02. The van der Waals surface area contributed by atoms with E-state index in [1.54, 1.807) is 43.6 Å². The Labute approximate surface area is 139 Å². The zero-order valence-corrected chi connectivity index (χ0v) is 13.3. The summed E-state index contributed by atoms with van der Waals surface area (Å²) in [6.07, 6.45) is 2.70. The van der Waals surface area contributed by atoms with Crippen LogP contribution in [0.15, 0.2) is 60.9 Å². The van der Waals surface area contributed by atoms with Gasteiger partial charge in [-0.05, 0) is 24.6 Å². The van der Waals surface area contributed by atoms with Crippen molar-refractivity contribution >= 4 is 22.4 Å². The van der Waals surface area contributed by atoms with E-state index in [0.29, 0.717) is 11.4 Å². The molecule has 24 heavy (non-hydrogen) atoms. The minimum Gasteiger partial charge on any atom is -0.481 e. The highest BCUT2D eigenvalue weighted by Gasteiger charge is 2.16. The third-order valence-corrected chi connectivity index (χ3v) is 3.69. The number of ether oxygens (including phenoxy) is 1. The number of aromatic nitrogens is 1. The van der Waals surface area contributed by atoms with E-state index in [2.05, 4.69) is 10.3 Å². The van der Waals surface area contributed by atoms with Crippen LogP contribution in [0.3, 0.4) is 0 Å². The molecule has 0 spiro atoms. The fourth-order valence-corrected chi connectivity index (χ4v) is 2.43. The average molecular weight is 322 g/mol. The molecule has 0 fully saturated rings. The second kappa shape index (κ2) is 7.10. The Morgan fingerprint density at radius 2 is 2.04 bits per heavy atom. The molecule has 1 unspecified atom stereocenters. The first-order chi connectivity index (χ1) is 11.7. The summed E-state index contributed by atoms with van der Waals surface area (Å²) in [4.78, 5) is 16.6. The maximum atomic E-state index is 12.4. The van der Waals surface area contributed by atoms with Gasteiger partial charge in [-0.3, -0.25) is 9.78 Å². The lowest BCUT2D eigenvalue weighted by molar-refractivity contribution is -0.122. The molecule has 0 saturated heterocycles. The molecule has 122 valence electrons. The summed E-state index contributed by atoms with van der Waals surface area (Å²) < 4.78 is 5.66. The summed E-state index contributed by atoms with van der Waals surface area (Å²) in [5.74, 6) is 0.280. The Kier molecular flexibility index (Phi) is 4.72. The monoisotopic (exact) mass is 322 g/mol. The summed E-state index contributed by atoms with van der Waals surface area (Å²) >= 11 is 0. The maximum Gasteiger partial charge on any atom is 0.265 e. The summed E-state index contributed by atoms with van der Waals surface area (Å²) in [6, 6.07) is 14.8. The van der Waals surface area contributed by atoms with Gasteiger partial charge in [-0.2, -0.15) is 0 Å². The normalized spacial score (nSPS) is 11.9. The first-order valence-electron chi connectivity index (χ1n) is 7.67. The Morgan fingerprint density at radius 1 is 1.21 bits per heavy atom. The van der Waals surface area contributed by atoms with E-state index in [1.807, 2.05) is 24.3 Å². The molecule has 1 heterocycles. The zero-order chi connectivity index (χ0) is 16.9. The van der Waals surface area contributed by atoms with E-state index < -0.39 is 6.10 Å². The third-order valence-electron chi connectivity index (χ3n) is 3.69. The van der Waals surface area contributed by atoms with E-state index in [-0.39, 0.29) is 12.5 Å². The molecular weight excluding hydrogens is 304 g/mol.